The van der Waals surface area contributed by atoms with Crippen molar-refractivity contribution < 1.29 is 22.4 Å². The van der Waals surface area contributed by atoms with Gasteiger partial charge in [0, 0.05) is 45.3 Å². The molecule has 3 fully saturated rings. The molecule has 3 aliphatic rings. The van der Waals surface area contributed by atoms with Gasteiger partial charge in [-0.3, -0.25) is 4.79 Å². The highest BCUT2D eigenvalue weighted by atomic mass is 32.2. The molecule has 1 unspecified atom stereocenters. The number of carbonyl (C=O) groups is 1. The fourth-order valence-electron chi connectivity index (χ4n) is 6.11. The summed E-state index contributed by atoms with van der Waals surface area (Å²) >= 11 is 1.70. The molecule has 0 radical (unpaired) electrons. The highest BCUT2D eigenvalue weighted by molar-refractivity contribution is 7.99. The Morgan fingerprint density at radius 1 is 1.19 bits per heavy atom. The van der Waals surface area contributed by atoms with Crippen LogP contribution in [0.15, 0.2) is 23.4 Å². The van der Waals surface area contributed by atoms with E-state index in [1.165, 1.54) is 6.07 Å². The Balaban J connectivity index is 1.07. The molecule has 1 saturated carbocycles. The summed E-state index contributed by atoms with van der Waals surface area (Å²) in [6.07, 6.45) is 0.0747. The van der Waals surface area contributed by atoms with Crippen LogP contribution in [0.5, 0.6) is 0 Å². The molecule has 1 aromatic heterocycles. The van der Waals surface area contributed by atoms with Gasteiger partial charge in [-0.25, -0.2) is 4.39 Å². The molecule has 2 saturated heterocycles. The largest absolute Gasteiger partial charge is 0.416 e. The molecule has 2 aromatic rings. The minimum Gasteiger partial charge on any atom is -0.343 e. The van der Waals surface area contributed by atoms with Gasteiger partial charge in [0.1, 0.15) is 11.6 Å². The fourth-order valence-corrected chi connectivity index (χ4v) is 6.95. The lowest BCUT2D eigenvalue weighted by Crippen LogP contribution is -2.36. The minimum absolute atomic E-state index is 0.00416. The maximum atomic E-state index is 14.5. The number of hydrogen-bond donors (Lipinski definition) is 0. The average Bonchev–Trinajstić information content (AvgIpc) is 3.18. The fraction of sp³-hybridized carbons (Fsp3) is 0.654. The highest BCUT2D eigenvalue weighted by Gasteiger charge is 2.58. The van der Waals surface area contributed by atoms with Gasteiger partial charge in [0.25, 0.3) is 0 Å². The van der Waals surface area contributed by atoms with Crippen LogP contribution in [0, 0.1) is 11.2 Å². The lowest BCUT2D eigenvalue weighted by molar-refractivity contribution is -0.137. The summed E-state index contributed by atoms with van der Waals surface area (Å²) in [5.41, 5.74) is -0.498. The van der Waals surface area contributed by atoms with Crippen LogP contribution in [-0.2, 0) is 18.0 Å². The van der Waals surface area contributed by atoms with Gasteiger partial charge in [-0.2, -0.15) is 13.2 Å². The summed E-state index contributed by atoms with van der Waals surface area (Å²) in [6.45, 7) is 5.89. The molecule has 5 rings (SSSR count). The van der Waals surface area contributed by atoms with E-state index in [0.29, 0.717) is 17.5 Å². The molecular weight excluding hydrogens is 506 g/mol. The van der Waals surface area contributed by atoms with Crippen molar-refractivity contribution >= 4 is 17.7 Å². The summed E-state index contributed by atoms with van der Waals surface area (Å²) in [5, 5.41) is 9.74. The molecule has 11 heteroatoms. The van der Waals surface area contributed by atoms with Crippen LogP contribution in [-0.4, -0.2) is 68.9 Å². The number of aromatic nitrogens is 3. The molecule has 202 valence electrons. The maximum Gasteiger partial charge on any atom is 0.416 e. The van der Waals surface area contributed by atoms with Gasteiger partial charge in [0.15, 0.2) is 5.16 Å². The zero-order valence-corrected chi connectivity index (χ0v) is 22.0. The Morgan fingerprint density at radius 3 is 2.62 bits per heavy atom. The molecule has 2 aliphatic heterocycles. The molecule has 37 heavy (non-hydrogen) atoms. The first kappa shape index (κ1) is 26.5. The number of carbonyl (C=O) groups excluding carboxylic acids is 1. The molecular formula is C26H33F4N5OS. The second kappa shape index (κ2) is 10.2. The summed E-state index contributed by atoms with van der Waals surface area (Å²) in [5.74, 6) is 1.62. The van der Waals surface area contributed by atoms with E-state index < -0.39 is 17.6 Å². The molecule has 1 aromatic carbocycles. The van der Waals surface area contributed by atoms with Crippen molar-refractivity contribution in [3.8, 4) is 0 Å². The van der Waals surface area contributed by atoms with Gasteiger partial charge in [0.05, 0.1) is 5.56 Å². The number of nitrogens with zero attached hydrogens (tertiary/aromatic N) is 5. The first-order valence-electron chi connectivity index (χ1n) is 12.9. The Morgan fingerprint density at radius 2 is 1.95 bits per heavy atom. The first-order chi connectivity index (χ1) is 17.6. The maximum absolute atomic E-state index is 14.5. The van der Waals surface area contributed by atoms with E-state index in [9.17, 15) is 22.4 Å². The van der Waals surface area contributed by atoms with E-state index in [0.717, 1.165) is 87.6 Å². The normalized spacial score (nSPS) is 24.8. The zero-order valence-electron chi connectivity index (χ0n) is 21.2. The van der Waals surface area contributed by atoms with Crippen LogP contribution in [0.25, 0.3) is 0 Å². The Labute approximate surface area is 218 Å². The predicted octanol–water partition coefficient (Wildman–Crippen LogP) is 5.06. The summed E-state index contributed by atoms with van der Waals surface area (Å²) in [4.78, 5) is 15.8. The zero-order chi connectivity index (χ0) is 26.4. The third kappa shape index (κ3) is 5.53. The van der Waals surface area contributed by atoms with Gasteiger partial charge in [-0.1, -0.05) is 17.8 Å². The monoisotopic (exact) mass is 539 g/mol. The quantitative estimate of drug-likeness (QED) is 0.280. The van der Waals surface area contributed by atoms with E-state index in [1.54, 1.807) is 18.7 Å². The van der Waals surface area contributed by atoms with Crippen LogP contribution in [0.4, 0.5) is 17.6 Å². The van der Waals surface area contributed by atoms with E-state index in [-0.39, 0.29) is 17.2 Å². The number of halogens is 4. The van der Waals surface area contributed by atoms with E-state index in [1.807, 2.05) is 11.9 Å². The molecule has 0 N–H and O–H groups in total. The van der Waals surface area contributed by atoms with E-state index >= 15 is 0 Å². The SMILES string of the molecule is CC(=O)N1CCC(c2nnc(SCCCN3CC[C@]4(CC4c4ccc(C(F)(F)F)cc4F)C3)n2C)CC1. The molecule has 3 heterocycles. The predicted molar refractivity (Wildman–Crippen MR) is 133 cm³/mol. The number of rotatable bonds is 7. The number of alkyl halides is 3. The average molecular weight is 540 g/mol. The Kier molecular flexibility index (Phi) is 7.30. The van der Waals surface area contributed by atoms with Crippen molar-refractivity contribution in [3.05, 3.63) is 41.0 Å². The molecule has 1 aliphatic carbocycles. The first-order valence-corrected chi connectivity index (χ1v) is 13.9. The number of likely N-dealkylation sites (tertiary alicyclic amines) is 2. The van der Waals surface area contributed by atoms with Crippen LogP contribution in [0.2, 0.25) is 0 Å². The number of thioether (sulfide) groups is 1. The molecule has 1 amide bonds. The number of benzene rings is 1. The number of amides is 1. The van der Waals surface area contributed by atoms with Crippen molar-refractivity contribution in [2.75, 3.05) is 38.5 Å². The smallest absolute Gasteiger partial charge is 0.343 e. The minimum atomic E-state index is -4.52. The van der Waals surface area contributed by atoms with Crippen LogP contribution in [0.1, 0.15) is 67.8 Å². The van der Waals surface area contributed by atoms with Gasteiger partial charge < -0.3 is 14.4 Å². The Hall–Kier alpha value is -2.14. The van der Waals surface area contributed by atoms with Crippen LogP contribution in [0.3, 0.4) is 0 Å². The van der Waals surface area contributed by atoms with Gasteiger partial charge in [-0.05, 0) is 74.2 Å². The lowest BCUT2D eigenvalue weighted by atomic mass is 9.96. The van der Waals surface area contributed by atoms with Crippen molar-refractivity contribution in [2.45, 2.75) is 62.2 Å². The molecule has 6 nitrogen and oxygen atoms in total. The summed E-state index contributed by atoms with van der Waals surface area (Å²) < 4.78 is 55.2. The standard InChI is InChI=1S/C26H33F4N5OS/c1-17(36)35-10-6-18(7-11-35)23-31-32-24(33(23)2)37-13-3-9-34-12-8-25(16-34)15-21(25)20-5-4-19(14-22(20)27)26(28,29)30/h4-5,14,18,21H,3,6-13,15-16H2,1-2H3/t21?,25-/m0/s1. The van der Waals surface area contributed by atoms with Crippen molar-refractivity contribution in [1.82, 2.24) is 24.6 Å². The molecule has 0 bridgehead atoms. The van der Waals surface area contributed by atoms with Crippen molar-refractivity contribution in [1.29, 1.82) is 0 Å². The van der Waals surface area contributed by atoms with Gasteiger partial charge >= 0.3 is 6.18 Å². The summed E-state index contributed by atoms with van der Waals surface area (Å²) in [7, 11) is 2.01. The summed E-state index contributed by atoms with van der Waals surface area (Å²) in [6, 6.07) is 2.97. The van der Waals surface area contributed by atoms with Gasteiger partial charge in [-0.15, -0.1) is 10.2 Å². The van der Waals surface area contributed by atoms with Crippen LogP contribution >= 0.6 is 11.8 Å². The number of hydrogen-bond acceptors (Lipinski definition) is 5. The Bertz CT molecular complexity index is 1150. The molecule has 2 atom stereocenters. The van der Waals surface area contributed by atoms with Gasteiger partial charge in [0.2, 0.25) is 5.91 Å². The third-order valence-corrected chi connectivity index (χ3v) is 9.49. The van der Waals surface area contributed by atoms with Crippen molar-refractivity contribution in [2.24, 2.45) is 12.5 Å². The van der Waals surface area contributed by atoms with E-state index in [2.05, 4.69) is 19.7 Å². The lowest BCUT2D eigenvalue weighted by Gasteiger charge is -2.30. The topological polar surface area (TPSA) is 54.3 Å². The third-order valence-electron chi connectivity index (χ3n) is 8.38. The highest BCUT2D eigenvalue weighted by Crippen LogP contribution is 2.64. The van der Waals surface area contributed by atoms with E-state index in [4.69, 9.17) is 0 Å². The molecule has 1 spiro atoms. The number of piperidine rings is 1. The second-order valence-electron chi connectivity index (χ2n) is 10.8. The van der Waals surface area contributed by atoms with Crippen molar-refractivity contribution in [3.63, 3.8) is 0 Å². The van der Waals surface area contributed by atoms with Crippen LogP contribution < -0.4 is 0 Å². The second-order valence-corrected chi connectivity index (χ2v) is 11.8.